The number of benzene rings is 2. The number of anilines is 1. The van der Waals surface area contributed by atoms with Crippen LogP contribution in [0.2, 0.25) is 0 Å². The molecular formula is C20H17BrFN3O3S. The molecule has 3 rings (SSSR count). The van der Waals surface area contributed by atoms with Gasteiger partial charge in [-0.25, -0.2) is 4.39 Å². The average Bonchev–Trinajstić information content (AvgIpc) is 2.96. The first-order valence-electron chi connectivity index (χ1n) is 8.70. The summed E-state index contributed by atoms with van der Waals surface area (Å²) in [4.78, 5) is 37.7. The van der Waals surface area contributed by atoms with Gasteiger partial charge in [-0.2, -0.15) is 0 Å². The Hall–Kier alpha value is -2.65. The predicted molar refractivity (Wildman–Crippen MR) is 115 cm³/mol. The zero-order valence-corrected chi connectivity index (χ0v) is 17.6. The van der Waals surface area contributed by atoms with Crippen molar-refractivity contribution in [2.45, 2.75) is 0 Å². The Morgan fingerprint density at radius 2 is 1.86 bits per heavy atom. The second kappa shape index (κ2) is 9.71. The third-order valence-electron chi connectivity index (χ3n) is 4.04. The van der Waals surface area contributed by atoms with Gasteiger partial charge in [0.2, 0.25) is 5.91 Å². The lowest BCUT2D eigenvalue weighted by molar-refractivity contribution is -0.123. The van der Waals surface area contributed by atoms with Gasteiger partial charge in [-0.3, -0.25) is 19.3 Å². The highest BCUT2D eigenvalue weighted by atomic mass is 79.9. The zero-order chi connectivity index (χ0) is 20.8. The molecular weight excluding hydrogens is 461 g/mol. The third-order valence-corrected chi connectivity index (χ3v) is 5.64. The van der Waals surface area contributed by atoms with Crippen LogP contribution in [0.25, 0.3) is 6.08 Å². The number of nitrogens with zero attached hydrogens (tertiary/aromatic N) is 1. The number of carbonyl (C=O) groups excluding carboxylic acids is 3. The van der Waals surface area contributed by atoms with Crippen molar-refractivity contribution >= 4 is 56.5 Å². The maximum absolute atomic E-state index is 13.8. The second-order valence-electron chi connectivity index (χ2n) is 6.04. The Kier molecular flexibility index (Phi) is 7.05. The van der Waals surface area contributed by atoms with Crippen LogP contribution in [0.1, 0.15) is 5.56 Å². The van der Waals surface area contributed by atoms with Crippen LogP contribution in [0.15, 0.2) is 57.9 Å². The Balaban J connectivity index is 1.50. The maximum Gasteiger partial charge on any atom is 0.293 e. The quantitative estimate of drug-likeness (QED) is 0.592. The number of rotatable bonds is 7. The molecule has 0 saturated carbocycles. The Morgan fingerprint density at radius 1 is 1.14 bits per heavy atom. The number of nitrogens with one attached hydrogen (secondary N) is 2. The van der Waals surface area contributed by atoms with Crippen molar-refractivity contribution in [2.75, 3.05) is 25.0 Å². The van der Waals surface area contributed by atoms with Crippen LogP contribution >= 0.6 is 27.7 Å². The minimum Gasteiger partial charge on any atom is -0.375 e. The van der Waals surface area contributed by atoms with E-state index in [0.717, 1.165) is 26.8 Å². The fourth-order valence-corrected chi connectivity index (χ4v) is 3.86. The molecule has 0 aliphatic carbocycles. The van der Waals surface area contributed by atoms with Crippen molar-refractivity contribution in [1.82, 2.24) is 10.2 Å². The molecule has 0 bridgehead atoms. The van der Waals surface area contributed by atoms with Gasteiger partial charge < -0.3 is 10.6 Å². The molecule has 0 spiro atoms. The first kappa shape index (κ1) is 21.1. The van der Waals surface area contributed by atoms with E-state index in [-0.39, 0.29) is 36.0 Å². The first-order valence-corrected chi connectivity index (χ1v) is 10.3. The molecule has 1 aliphatic rings. The predicted octanol–water partition coefficient (Wildman–Crippen LogP) is 3.85. The Morgan fingerprint density at radius 3 is 2.62 bits per heavy atom. The standard InChI is InChI=1S/C20H17BrFN3O3S/c21-14-6-2-4-8-16(14)24-12-18(26)23-9-10-25-19(27)17(29-20(25)28)11-13-5-1-3-7-15(13)22/h1-8,11,24H,9-10,12H2,(H,23,26)/b17-11+. The second-order valence-corrected chi connectivity index (χ2v) is 7.89. The number of hydrogen-bond acceptors (Lipinski definition) is 5. The molecule has 9 heteroatoms. The minimum absolute atomic E-state index is 0.0417. The molecule has 0 aromatic heterocycles. The summed E-state index contributed by atoms with van der Waals surface area (Å²) >= 11 is 4.14. The van der Waals surface area contributed by atoms with Crippen molar-refractivity contribution < 1.29 is 18.8 Å². The minimum atomic E-state index is -0.496. The fraction of sp³-hybridized carbons (Fsp3) is 0.150. The van der Waals surface area contributed by atoms with Gasteiger partial charge in [-0.05, 0) is 52.0 Å². The lowest BCUT2D eigenvalue weighted by Gasteiger charge is -2.13. The number of halogens is 2. The van der Waals surface area contributed by atoms with Crippen molar-refractivity contribution in [3.8, 4) is 0 Å². The number of hydrogen-bond donors (Lipinski definition) is 2. The highest BCUT2D eigenvalue weighted by Gasteiger charge is 2.34. The van der Waals surface area contributed by atoms with Gasteiger partial charge in [0, 0.05) is 28.8 Å². The van der Waals surface area contributed by atoms with Crippen LogP contribution in [0.4, 0.5) is 14.9 Å². The average molecular weight is 478 g/mol. The van der Waals surface area contributed by atoms with E-state index < -0.39 is 17.0 Å². The summed E-state index contributed by atoms with van der Waals surface area (Å²) in [5.41, 5.74) is 1.02. The summed E-state index contributed by atoms with van der Waals surface area (Å²) in [6.07, 6.45) is 1.36. The molecule has 0 radical (unpaired) electrons. The van der Waals surface area contributed by atoms with E-state index in [1.807, 2.05) is 24.3 Å². The molecule has 3 amide bonds. The van der Waals surface area contributed by atoms with Crippen LogP contribution in [0, 0.1) is 5.82 Å². The Labute approximate surface area is 179 Å². The lowest BCUT2D eigenvalue weighted by atomic mass is 10.2. The lowest BCUT2D eigenvalue weighted by Crippen LogP contribution is -2.39. The van der Waals surface area contributed by atoms with E-state index in [4.69, 9.17) is 0 Å². The van der Waals surface area contributed by atoms with Gasteiger partial charge in [-0.15, -0.1) is 0 Å². The molecule has 1 aliphatic heterocycles. The number of imide groups is 1. The molecule has 6 nitrogen and oxygen atoms in total. The number of para-hydroxylation sites is 1. The largest absolute Gasteiger partial charge is 0.375 e. The summed E-state index contributed by atoms with van der Waals surface area (Å²) in [5.74, 6) is -1.23. The van der Waals surface area contributed by atoms with E-state index in [2.05, 4.69) is 26.6 Å². The maximum atomic E-state index is 13.8. The van der Waals surface area contributed by atoms with Crippen LogP contribution in [0.3, 0.4) is 0 Å². The van der Waals surface area contributed by atoms with Crippen LogP contribution in [-0.4, -0.2) is 41.6 Å². The molecule has 0 atom stereocenters. The molecule has 1 fully saturated rings. The van der Waals surface area contributed by atoms with Gasteiger partial charge in [-0.1, -0.05) is 30.3 Å². The Bertz CT molecular complexity index is 983. The van der Waals surface area contributed by atoms with Gasteiger partial charge >= 0.3 is 0 Å². The van der Waals surface area contributed by atoms with Crippen molar-refractivity contribution in [3.05, 3.63) is 69.3 Å². The number of amides is 3. The summed E-state index contributed by atoms with van der Waals surface area (Å²) < 4.78 is 14.6. The van der Waals surface area contributed by atoms with Crippen molar-refractivity contribution in [3.63, 3.8) is 0 Å². The molecule has 1 heterocycles. The number of thioether (sulfide) groups is 1. The SMILES string of the molecule is O=C(CNc1ccccc1Br)NCCN1C(=O)S/C(=C/c2ccccc2F)C1=O. The third kappa shape index (κ3) is 5.45. The van der Waals surface area contributed by atoms with Gasteiger partial charge in [0.05, 0.1) is 11.4 Å². The first-order chi connectivity index (χ1) is 14.0. The summed E-state index contributed by atoms with van der Waals surface area (Å²) in [7, 11) is 0. The van der Waals surface area contributed by atoms with Gasteiger partial charge in [0.25, 0.3) is 11.1 Å². The van der Waals surface area contributed by atoms with E-state index in [1.54, 1.807) is 12.1 Å². The number of carbonyl (C=O) groups is 3. The molecule has 29 heavy (non-hydrogen) atoms. The molecule has 2 aromatic rings. The summed E-state index contributed by atoms with van der Waals surface area (Å²) in [6, 6.07) is 13.4. The summed E-state index contributed by atoms with van der Waals surface area (Å²) in [5, 5.41) is 5.21. The molecule has 2 N–H and O–H groups in total. The summed E-state index contributed by atoms with van der Waals surface area (Å²) in [6.45, 7) is 0.221. The zero-order valence-electron chi connectivity index (χ0n) is 15.2. The molecule has 2 aromatic carbocycles. The van der Waals surface area contributed by atoms with Crippen molar-refractivity contribution in [1.29, 1.82) is 0 Å². The van der Waals surface area contributed by atoms with Crippen LogP contribution in [0.5, 0.6) is 0 Å². The van der Waals surface area contributed by atoms with E-state index in [9.17, 15) is 18.8 Å². The van der Waals surface area contributed by atoms with Crippen LogP contribution in [-0.2, 0) is 9.59 Å². The topological polar surface area (TPSA) is 78.5 Å². The van der Waals surface area contributed by atoms with Crippen LogP contribution < -0.4 is 10.6 Å². The van der Waals surface area contributed by atoms with Gasteiger partial charge in [0.1, 0.15) is 5.82 Å². The smallest absolute Gasteiger partial charge is 0.293 e. The van der Waals surface area contributed by atoms with Crippen molar-refractivity contribution in [2.24, 2.45) is 0 Å². The molecule has 1 saturated heterocycles. The van der Waals surface area contributed by atoms with Gasteiger partial charge in [0.15, 0.2) is 0 Å². The highest BCUT2D eigenvalue weighted by molar-refractivity contribution is 9.10. The van der Waals surface area contributed by atoms with E-state index >= 15 is 0 Å². The monoisotopic (exact) mass is 477 g/mol. The molecule has 150 valence electrons. The fourth-order valence-electron chi connectivity index (χ4n) is 2.58. The van der Waals surface area contributed by atoms with E-state index in [0.29, 0.717) is 0 Å². The normalized spacial score (nSPS) is 15.1. The van der Waals surface area contributed by atoms with E-state index in [1.165, 1.54) is 18.2 Å². The highest BCUT2D eigenvalue weighted by Crippen LogP contribution is 2.32. The molecule has 0 unspecified atom stereocenters.